The number of nitrogens with one attached hydrogen (secondary N) is 3. The molecule has 0 aromatic heterocycles. The normalized spacial score (nSPS) is 12.4. The molecule has 0 saturated heterocycles. The van der Waals surface area contributed by atoms with E-state index >= 15 is 0 Å². The van der Waals surface area contributed by atoms with E-state index in [4.69, 9.17) is 14.2 Å². The van der Waals surface area contributed by atoms with Crippen LogP contribution in [0.3, 0.4) is 0 Å². The zero-order chi connectivity index (χ0) is 31.1. The van der Waals surface area contributed by atoms with E-state index in [1.54, 1.807) is 32.9 Å². The Morgan fingerprint density at radius 1 is 1.07 bits per heavy atom. The largest absolute Gasteiger partial charge is 0.507 e. The molecule has 0 fully saturated rings. The number of esters is 1. The third-order valence-electron chi connectivity index (χ3n) is 5.95. The number of carbonyl (C=O) groups is 4. The third-order valence-corrected chi connectivity index (χ3v) is 7.07. The molecule has 11 nitrogen and oxygen atoms in total. The first-order chi connectivity index (χ1) is 20.0. The molecule has 2 unspecified atom stereocenters. The average molecular weight is 604 g/mol. The number of phenolic OH excluding ortho intramolecular Hbond substituents is 1. The van der Waals surface area contributed by atoms with Crippen LogP contribution in [0.1, 0.15) is 73.7 Å². The Morgan fingerprint density at radius 3 is 2.40 bits per heavy atom. The van der Waals surface area contributed by atoms with Crippen LogP contribution in [0.5, 0.6) is 11.5 Å². The maximum Gasteiger partial charge on any atom is 0.408 e. The molecule has 0 heterocycles. The molecular formula is C30H41N3O8S. The number of rotatable bonds is 16. The summed E-state index contributed by atoms with van der Waals surface area (Å²) in [5, 5.41) is 15.6. The van der Waals surface area contributed by atoms with Crippen LogP contribution in [0.4, 0.5) is 4.79 Å². The van der Waals surface area contributed by atoms with E-state index in [1.807, 2.05) is 31.2 Å². The van der Waals surface area contributed by atoms with Crippen LogP contribution in [0, 0.1) is 0 Å². The Hall–Kier alpha value is -3.93. The van der Waals surface area contributed by atoms with Crippen molar-refractivity contribution < 1.29 is 38.5 Å². The first-order valence-corrected chi connectivity index (χ1v) is 14.6. The molecule has 2 atom stereocenters. The summed E-state index contributed by atoms with van der Waals surface area (Å²) in [6.07, 6.45) is 2.15. The molecule has 42 heavy (non-hydrogen) atoms. The van der Waals surface area contributed by atoms with Crippen LogP contribution in [0.15, 0.2) is 42.5 Å². The van der Waals surface area contributed by atoms with Crippen LogP contribution < -0.4 is 20.1 Å². The van der Waals surface area contributed by atoms with Gasteiger partial charge in [-0.2, -0.15) is 0 Å². The lowest BCUT2D eigenvalue weighted by Gasteiger charge is -2.23. The van der Waals surface area contributed by atoms with E-state index in [0.29, 0.717) is 25.8 Å². The first-order valence-electron chi connectivity index (χ1n) is 13.7. The maximum absolute atomic E-state index is 13.1. The first kappa shape index (κ1) is 34.3. The minimum absolute atomic E-state index is 0.0426. The second-order valence-electron chi connectivity index (χ2n) is 10.4. The second kappa shape index (κ2) is 17.1. The smallest absolute Gasteiger partial charge is 0.408 e. The van der Waals surface area contributed by atoms with Gasteiger partial charge in [0, 0.05) is 18.2 Å². The molecule has 2 aromatic carbocycles. The van der Waals surface area contributed by atoms with Gasteiger partial charge in [-0.25, -0.2) is 9.59 Å². The summed E-state index contributed by atoms with van der Waals surface area (Å²) < 4.78 is 18.4. The highest BCUT2D eigenvalue weighted by molar-refractivity contribution is 7.98. The van der Waals surface area contributed by atoms with Crippen molar-refractivity contribution in [2.45, 2.75) is 70.3 Å². The molecule has 3 amide bonds. The van der Waals surface area contributed by atoms with Crippen LogP contribution in [0.25, 0.3) is 0 Å². The second-order valence-corrected chi connectivity index (χ2v) is 11.4. The van der Waals surface area contributed by atoms with E-state index in [1.165, 1.54) is 25.1 Å². The molecule has 0 aliphatic rings. The molecule has 12 heteroatoms. The Labute approximate surface area is 251 Å². The molecule has 0 radical (unpaired) electrons. The average Bonchev–Trinajstić information content (AvgIpc) is 2.94. The van der Waals surface area contributed by atoms with Crippen molar-refractivity contribution in [1.82, 2.24) is 15.4 Å². The lowest BCUT2D eigenvalue weighted by Crippen LogP contribution is -2.49. The van der Waals surface area contributed by atoms with Crippen molar-refractivity contribution in [1.29, 1.82) is 0 Å². The van der Waals surface area contributed by atoms with Gasteiger partial charge in [-0.15, -0.1) is 0 Å². The number of amides is 3. The van der Waals surface area contributed by atoms with E-state index in [-0.39, 0.29) is 41.2 Å². The van der Waals surface area contributed by atoms with Crippen molar-refractivity contribution >= 4 is 36.3 Å². The molecule has 0 saturated carbocycles. The fourth-order valence-corrected chi connectivity index (χ4v) is 4.63. The van der Waals surface area contributed by atoms with Gasteiger partial charge in [0.05, 0.1) is 13.7 Å². The Bertz CT molecular complexity index is 1180. The highest BCUT2D eigenvalue weighted by Crippen LogP contribution is 2.30. The van der Waals surface area contributed by atoms with Crippen LogP contribution in [-0.2, 0) is 25.5 Å². The minimum atomic E-state index is -0.870. The van der Waals surface area contributed by atoms with Crippen LogP contribution in [0.2, 0.25) is 0 Å². The van der Waals surface area contributed by atoms with Gasteiger partial charge in [0.25, 0.3) is 0 Å². The highest BCUT2D eigenvalue weighted by atomic mass is 32.2. The van der Waals surface area contributed by atoms with Gasteiger partial charge in [-0.1, -0.05) is 37.3 Å². The molecule has 0 bridgehead atoms. The Kier molecular flexibility index (Phi) is 14.0. The predicted octanol–water partition coefficient (Wildman–Crippen LogP) is 4.44. The molecular weight excluding hydrogens is 562 g/mol. The number of hydrogen-bond donors (Lipinski definition) is 4. The Balaban J connectivity index is 1.97. The standard InChI is InChI=1S/C30H41N3O8S/c1-6-25(42-32-19-34)21-14-12-20(13-15-21)18-22(33-29(38)41-30(2,3)4)27(36)31-16-7-8-17-40-24-11-9-10-23(35)26(24)28(37)39-5/h9-15,19,22,25,35H,6-8,16-18H2,1-5H3,(H,31,36)(H,32,34)(H,33,38). The maximum atomic E-state index is 13.1. The van der Waals surface area contributed by atoms with E-state index in [9.17, 15) is 24.3 Å². The van der Waals surface area contributed by atoms with Crippen molar-refractivity contribution in [2.24, 2.45) is 0 Å². The summed E-state index contributed by atoms with van der Waals surface area (Å²) in [7, 11) is 1.22. The fraction of sp³-hybridized carbons (Fsp3) is 0.467. The number of benzene rings is 2. The number of unbranched alkanes of at least 4 members (excludes halogenated alkanes) is 1. The molecule has 230 valence electrons. The van der Waals surface area contributed by atoms with Gasteiger partial charge in [0.2, 0.25) is 12.3 Å². The van der Waals surface area contributed by atoms with E-state index in [0.717, 1.165) is 17.5 Å². The molecule has 2 rings (SSSR count). The zero-order valence-corrected chi connectivity index (χ0v) is 25.5. The fourth-order valence-electron chi connectivity index (χ4n) is 3.95. The summed E-state index contributed by atoms with van der Waals surface area (Å²) >= 11 is 1.33. The molecule has 0 aliphatic heterocycles. The van der Waals surface area contributed by atoms with Crippen molar-refractivity contribution in [3.8, 4) is 11.5 Å². The predicted molar refractivity (Wildman–Crippen MR) is 160 cm³/mol. The topological polar surface area (TPSA) is 152 Å². The van der Waals surface area contributed by atoms with Gasteiger partial charge in [-0.05, 0) is 75.2 Å². The number of ether oxygens (including phenoxy) is 3. The Morgan fingerprint density at radius 2 is 1.79 bits per heavy atom. The summed E-state index contributed by atoms with van der Waals surface area (Å²) in [4.78, 5) is 48.2. The van der Waals surface area contributed by atoms with Crippen molar-refractivity contribution in [2.75, 3.05) is 20.3 Å². The van der Waals surface area contributed by atoms with Gasteiger partial charge >= 0.3 is 12.1 Å². The molecule has 4 N–H and O–H groups in total. The number of alkyl carbamates (subject to hydrolysis) is 1. The lowest BCUT2D eigenvalue weighted by molar-refractivity contribution is -0.123. The van der Waals surface area contributed by atoms with Gasteiger partial charge in [-0.3, -0.25) is 9.59 Å². The van der Waals surface area contributed by atoms with Crippen LogP contribution >= 0.6 is 11.9 Å². The minimum Gasteiger partial charge on any atom is -0.507 e. The summed E-state index contributed by atoms with van der Waals surface area (Å²) in [6.45, 7) is 7.84. The molecule has 2 aromatic rings. The number of hydrogen-bond acceptors (Lipinski definition) is 9. The number of methoxy groups -OCH3 is 1. The van der Waals surface area contributed by atoms with Gasteiger partial charge in [0.1, 0.15) is 28.7 Å². The number of aromatic hydroxyl groups is 1. The number of carbonyl (C=O) groups excluding carboxylic acids is 4. The summed E-state index contributed by atoms with van der Waals surface area (Å²) in [6, 6.07) is 11.3. The summed E-state index contributed by atoms with van der Waals surface area (Å²) in [5.74, 6) is -1.08. The molecule has 0 spiro atoms. The number of phenols is 1. The lowest BCUT2D eigenvalue weighted by atomic mass is 10.0. The van der Waals surface area contributed by atoms with Crippen LogP contribution in [-0.4, -0.2) is 61.4 Å². The van der Waals surface area contributed by atoms with E-state index < -0.39 is 23.7 Å². The SMILES string of the molecule is CCC(SNC=O)c1ccc(CC(NC(=O)OC(C)(C)C)C(=O)NCCCCOc2cccc(O)c2C(=O)OC)cc1. The van der Waals surface area contributed by atoms with Crippen molar-refractivity contribution in [3.63, 3.8) is 0 Å². The quantitative estimate of drug-likeness (QED) is 0.0945. The monoisotopic (exact) mass is 603 g/mol. The highest BCUT2D eigenvalue weighted by Gasteiger charge is 2.25. The van der Waals surface area contributed by atoms with Crippen molar-refractivity contribution in [3.05, 3.63) is 59.2 Å². The molecule has 0 aliphatic carbocycles. The van der Waals surface area contributed by atoms with Gasteiger partial charge in [0.15, 0.2) is 0 Å². The summed E-state index contributed by atoms with van der Waals surface area (Å²) in [5.41, 5.74) is 1.12. The third kappa shape index (κ3) is 11.5. The van der Waals surface area contributed by atoms with E-state index in [2.05, 4.69) is 15.4 Å². The zero-order valence-electron chi connectivity index (χ0n) is 24.7. The van der Waals surface area contributed by atoms with Gasteiger partial charge < -0.3 is 34.7 Å².